The number of hydrogen-bond donors (Lipinski definition) is 1. The van der Waals surface area contributed by atoms with Gasteiger partial charge in [0.2, 0.25) is 0 Å². The van der Waals surface area contributed by atoms with E-state index in [-0.39, 0.29) is 5.91 Å². The van der Waals surface area contributed by atoms with Crippen molar-refractivity contribution in [1.82, 2.24) is 9.88 Å². The van der Waals surface area contributed by atoms with Crippen LogP contribution in [0.1, 0.15) is 37.0 Å². The van der Waals surface area contributed by atoms with Gasteiger partial charge in [-0.3, -0.25) is 9.78 Å². The Morgan fingerprint density at radius 2 is 2.44 bits per heavy atom. The molecule has 0 bridgehead atoms. The summed E-state index contributed by atoms with van der Waals surface area (Å²) in [6, 6.07) is 1.87. The number of anilines is 1. The summed E-state index contributed by atoms with van der Waals surface area (Å²) in [6.07, 6.45) is 5.70. The van der Waals surface area contributed by atoms with Crippen LogP contribution >= 0.6 is 0 Å². The van der Waals surface area contributed by atoms with Gasteiger partial charge in [0.05, 0.1) is 11.3 Å². The van der Waals surface area contributed by atoms with Gasteiger partial charge in [-0.1, -0.05) is 6.92 Å². The van der Waals surface area contributed by atoms with E-state index in [2.05, 4.69) is 17.2 Å². The molecule has 1 fully saturated rings. The largest absolute Gasteiger partial charge is 0.385 e. The lowest BCUT2D eigenvalue weighted by Crippen LogP contribution is -2.39. The summed E-state index contributed by atoms with van der Waals surface area (Å²) < 4.78 is 0. The number of aromatic nitrogens is 1. The normalized spacial score (nSPS) is 19.7. The van der Waals surface area contributed by atoms with Crippen LogP contribution < -0.4 is 5.32 Å². The molecule has 1 aromatic rings. The van der Waals surface area contributed by atoms with Crippen molar-refractivity contribution in [3.05, 3.63) is 24.0 Å². The summed E-state index contributed by atoms with van der Waals surface area (Å²) in [4.78, 5) is 18.5. The SMILES string of the molecule is CCNc1ccncc1C(=O)N1CCCC(C)C1. The number of pyridine rings is 1. The third kappa shape index (κ3) is 2.81. The number of carbonyl (C=O) groups is 1. The number of nitrogens with one attached hydrogen (secondary N) is 1. The fraction of sp³-hybridized carbons (Fsp3) is 0.571. The van der Waals surface area contributed by atoms with Crippen molar-refractivity contribution < 1.29 is 4.79 Å². The van der Waals surface area contributed by atoms with Crippen molar-refractivity contribution in [2.24, 2.45) is 5.92 Å². The molecule has 1 N–H and O–H groups in total. The molecule has 1 unspecified atom stereocenters. The molecule has 1 aliphatic heterocycles. The summed E-state index contributed by atoms with van der Waals surface area (Å²) >= 11 is 0. The Morgan fingerprint density at radius 1 is 1.61 bits per heavy atom. The lowest BCUT2D eigenvalue weighted by molar-refractivity contribution is 0.0683. The number of likely N-dealkylation sites (tertiary alicyclic amines) is 1. The lowest BCUT2D eigenvalue weighted by Gasteiger charge is -2.31. The van der Waals surface area contributed by atoms with Gasteiger partial charge in [-0.15, -0.1) is 0 Å². The second kappa shape index (κ2) is 5.85. The van der Waals surface area contributed by atoms with Gasteiger partial charge in [0.1, 0.15) is 0 Å². The standard InChI is InChI=1S/C14H21N3O/c1-3-16-13-6-7-15-9-12(13)14(18)17-8-4-5-11(2)10-17/h6-7,9,11H,3-5,8,10H2,1-2H3,(H,15,16). The lowest BCUT2D eigenvalue weighted by atomic mass is 9.99. The second-order valence-corrected chi connectivity index (χ2v) is 4.95. The average molecular weight is 247 g/mol. The van der Waals surface area contributed by atoms with Crippen LogP contribution in [0.3, 0.4) is 0 Å². The molecule has 18 heavy (non-hydrogen) atoms. The first kappa shape index (κ1) is 12.9. The van der Waals surface area contributed by atoms with Crippen LogP contribution in [-0.4, -0.2) is 35.4 Å². The van der Waals surface area contributed by atoms with Crippen LogP contribution in [-0.2, 0) is 0 Å². The van der Waals surface area contributed by atoms with Crippen LogP contribution in [0.15, 0.2) is 18.5 Å². The van der Waals surface area contributed by atoms with Crippen molar-refractivity contribution in [2.45, 2.75) is 26.7 Å². The summed E-state index contributed by atoms with van der Waals surface area (Å²) in [6.45, 7) is 6.76. The highest BCUT2D eigenvalue weighted by Crippen LogP contribution is 2.21. The van der Waals surface area contributed by atoms with E-state index in [1.165, 1.54) is 6.42 Å². The summed E-state index contributed by atoms with van der Waals surface area (Å²) in [5, 5.41) is 3.22. The summed E-state index contributed by atoms with van der Waals surface area (Å²) in [7, 11) is 0. The number of carbonyl (C=O) groups excluding carboxylic acids is 1. The van der Waals surface area contributed by atoms with Crippen LogP contribution in [0.5, 0.6) is 0 Å². The number of amides is 1. The number of rotatable bonds is 3. The number of piperidine rings is 1. The molecule has 1 aliphatic rings. The minimum atomic E-state index is 0.102. The van der Waals surface area contributed by atoms with Crippen LogP contribution in [0, 0.1) is 5.92 Å². The van der Waals surface area contributed by atoms with Crippen LogP contribution in [0.4, 0.5) is 5.69 Å². The van der Waals surface area contributed by atoms with Crippen molar-refractivity contribution in [3.8, 4) is 0 Å². The predicted molar refractivity (Wildman–Crippen MR) is 72.7 cm³/mol. The number of hydrogen-bond acceptors (Lipinski definition) is 3. The van der Waals surface area contributed by atoms with E-state index in [1.807, 2.05) is 17.9 Å². The molecule has 4 heteroatoms. The van der Waals surface area contributed by atoms with Gasteiger partial charge in [-0.2, -0.15) is 0 Å². The smallest absolute Gasteiger partial charge is 0.257 e. The zero-order chi connectivity index (χ0) is 13.0. The van der Waals surface area contributed by atoms with Crippen molar-refractivity contribution in [3.63, 3.8) is 0 Å². The topological polar surface area (TPSA) is 45.2 Å². The molecule has 0 aliphatic carbocycles. The zero-order valence-electron chi connectivity index (χ0n) is 11.1. The van der Waals surface area contributed by atoms with E-state index in [0.29, 0.717) is 11.5 Å². The fourth-order valence-corrected chi connectivity index (χ4v) is 2.45. The van der Waals surface area contributed by atoms with E-state index < -0.39 is 0 Å². The highest BCUT2D eigenvalue weighted by Gasteiger charge is 2.23. The van der Waals surface area contributed by atoms with Crippen LogP contribution in [0.25, 0.3) is 0 Å². The Labute approximate surface area is 108 Å². The Kier molecular flexibility index (Phi) is 4.18. The van der Waals surface area contributed by atoms with Crippen molar-refractivity contribution in [1.29, 1.82) is 0 Å². The molecule has 2 heterocycles. The maximum absolute atomic E-state index is 12.5. The monoisotopic (exact) mass is 247 g/mol. The first-order chi connectivity index (χ1) is 8.72. The molecule has 0 saturated carbocycles. The third-order valence-corrected chi connectivity index (χ3v) is 3.36. The zero-order valence-corrected chi connectivity index (χ0v) is 11.1. The molecule has 1 atom stereocenters. The second-order valence-electron chi connectivity index (χ2n) is 4.95. The minimum absolute atomic E-state index is 0.102. The van der Waals surface area contributed by atoms with Gasteiger partial charge in [-0.25, -0.2) is 0 Å². The molecule has 0 aromatic carbocycles. The molecule has 1 amide bonds. The van der Waals surface area contributed by atoms with Gasteiger partial charge >= 0.3 is 0 Å². The van der Waals surface area contributed by atoms with Crippen LogP contribution in [0.2, 0.25) is 0 Å². The Hall–Kier alpha value is -1.58. The van der Waals surface area contributed by atoms with E-state index in [4.69, 9.17) is 0 Å². The predicted octanol–water partition coefficient (Wildman–Crippen LogP) is 2.39. The first-order valence-corrected chi connectivity index (χ1v) is 6.69. The van der Waals surface area contributed by atoms with Gasteiger partial charge < -0.3 is 10.2 Å². The fourth-order valence-electron chi connectivity index (χ4n) is 2.45. The highest BCUT2D eigenvalue weighted by atomic mass is 16.2. The third-order valence-electron chi connectivity index (χ3n) is 3.36. The van der Waals surface area contributed by atoms with Gasteiger partial charge in [0.25, 0.3) is 5.91 Å². The molecule has 2 rings (SSSR count). The Morgan fingerprint density at radius 3 is 3.17 bits per heavy atom. The Bertz CT molecular complexity index is 419. The Balaban J connectivity index is 2.17. The molecular formula is C14H21N3O. The van der Waals surface area contributed by atoms with E-state index in [0.717, 1.165) is 31.7 Å². The van der Waals surface area contributed by atoms with E-state index >= 15 is 0 Å². The molecule has 98 valence electrons. The average Bonchev–Trinajstić information content (AvgIpc) is 2.39. The molecule has 1 saturated heterocycles. The van der Waals surface area contributed by atoms with E-state index in [1.54, 1.807) is 12.4 Å². The van der Waals surface area contributed by atoms with Gasteiger partial charge in [0, 0.05) is 32.0 Å². The molecule has 0 radical (unpaired) electrons. The van der Waals surface area contributed by atoms with Gasteiger partial charge in [-0.05, 0) is 31.7 Å². The summed E-state index contributed by atoms with van der Waals surface area (Å²) in [5.41, 5.74) is 1.57. The molecule has 1 aromatic heterocycles. The van der Waals surface area contributed by atoms with Gasteiger partial charge in [0.15, 0.2) is 0 Å². The minimum Gasteiger partial charge on any atom is -0.385 e. The molecule has 0 spiro atoms. The highest BCUT2D eigenvalue weighted by molar-refractivity contribution is 5.99. The van der Waals surface area contributed by atoms with Crippen molar-refractivity contribution in [2.75, 3.05) is 25.0 Å². The molecular weight excluding hydrogens is 226 g/mol. The quantitative estimate of drug-likeness (QED) is 0.892. The maximum atomic E-state index is 12.5. The summed E-state index contributed by atoms with van der Waals surface area (Å²) in [5.74, 6) is 0.701. The van der Waals surface area contributed by atoms with E-state index in [9.17, 15) is 4.79 Å². The maximum Gasteiger partial charge on any atom is 0.257 e. The van der Waals surface area contributed by atoms with Crippen molar-refractivity contribution >= 4 is 11.6 Å². The molecule has 4 nitrogen and oxygen atoms in total. The number of nitrogens with zero attached hydrogens (tertiary/aromatic N) is 2. The first-order valence-electron chi connectivity index (χ1n) is 6.69.